The molecule has 1 aromatic carbocycles. The van der Waals surface area contributed by atoms with Crippen LogP contribution in [0.4, 0.5) is 5.13 Å². The number of ether oxygens (including phenoxy) is 1. The highest BCUT2D eigenvalue weighted by atomic mass is 32.1. The van der Waals surface area contributed by atoms with Crippen LogP contribution in [-0.4, -0.2) is 29.1 Å². The van der Waals surface area contributed by atoms with Gasteiger partial charge in [-0.3, -0.25) is 10.1 Å². The first kappa shape index (κ1) is 18.0. The molecule has 0 aliphatic heterocycles. The van der Waals surface area contributed by atoms with Gasteiger partial charge in [-0.25, -0.2) is 9.78 Å². The van der Waals surface area contributed by atoms with Crippen molar-refractivity contribution in [2.75, 3.05) is 12.4 Å². The smallest absolute Gasteiger partial charge is 0.350 e. The maximum Gasteiger partial charge on any atom is 0.350 e. The number of carbonyl (C=O) groups is 2. The lowest BCUT2D eigenvalue weighted by atomic mass is 10.1. The van der Waals surface area contributed by atoms with Crippen molar-refractivity contribution in [2.45, 2.75) is 20.8 Å². The van der Waals surface area contributed by atoms with Crippen molar-refractivity contribution < 1.29 is 14.3 Å². The van der Waals surface area contributed by atoms with E-state index >= 15 is 0 Å². The van der Waals surface area contributed by atoms with Crippen LogP contribution in [0.3, 0.4) is 0 Å². The van der Waals surface area contributed by atoms with E-state index < -0.39 is 5.97 Å². The minimum absolute atomic E-state index is 0.115. The number of aromatic nitrogens is 1. The summed E-state index contributed by atoms with van der Waals surface area (Å²) in [7, 11) is 1.31. The van der Waals surface area contributed by atoms with Crippen LogP contribution in [-0.2, 0) is 4.74 Å². The Labute approximate surface area is 149 Å². The second-order valence-electron chi connectivity index (χ2n) is 5.21. The molecule has 0 spiro atoms. The number of thiocarbonyl (C=S) groups is 1. The minimum Gasteiger partial charge on any atom is -0.465 e. The first-order valence-corrected chi connectivity index (χ1v) is 8.29. The average Bonchev–Trinajstić information content (AvgIpc) is 2.85. The third-order valence-electron chi connectivity index (χ3n) is 3.10. The summed E-state index contributed by atoms with van der Waals surface area (Å²) in [6, 6.07) is 5.56. The number of methoxy groups -OCH3 is 1. The van der Waals surface area contributed by atoms with Gasteiger partial charge in [-0.1, -0.05) is 28.5 Å². The van der Waals surface area contributed by atoms with E-state index in [0.717, 1.165) is 22.5 Å². The van der Waals surface area contributed by atoms with Crippen molar-refractivity contribution in [2.24, 2.45) is 0 Å². The molecule has 0 saturated carbocycles. The second kappa shape index (κ2) is 7.50. The molecule has 1 aromatic heterocycles. The summed E-state index contributed by atoms with van der Waals surface area (Å²) >= 11 is 6.24. The molecule has 0 fully saturated rings. The molecule has 0 saturated heterocycles. The van der Waals surface area contributed by atoms with Gasteiger partial charge in [0.2, 0.25) is 0 Å². The van der Waals surface area contributed by atoms with Crippen molar-refractivity contribution >= 4 is 45.7 Å². The lowest BCUT2D eigenvalue weighted by molar-refractivity contribution is 0.0605. The number of nitrogens with one attached hydrogen (secondary N) is 2. The molecule has 1 heterocycles. The van der Waals surface area contributed by atoms with Crippen LogP contribution in [0.1, 0.15) is 36.9 Å². The van der Waals surface area contributed by atoms with E-state index in [0.29, 0.717) is 21.3 Å². The number of nitrogens with zero attached hydrogens (tertiary/aromatic N) is 1. The number of rotatable bonds is 3. The molecule has 0 unspecified atom stereocenters. The molecule has 0 aliphatic carbocycles. The Hall–Kier alpha value is -2.32. The molecule has 2 rings (SSSR count). The molecule has 0 atom stereocenters. The monoisotopic (exact) mass is 363 g/mol. The predicted octanol–water partition coefficient (Wildman–Crippen LogP) is 2.98. The molecule has 6 nitrogen and oxygen atoms in total. The van der Waals surface area contributed by atoms with Crippen molar-refractivity contribution in [3.8, 4) is 0 Å². The number of esters is 1. The highest BCUT2D eigenvalue weighted by Gasteiger charge is 2.17. The predicted molar refractivity (Wildman–Crippen MR) is 97.8 cm³/mol. The van der Waals surface area contributed by atoms with Gasteiger partial charge in [-0.15, -0.1) is 0 Å². The van der Waals surface area contributed by atoms with E-state index in [4.69, 9.17) is 12.2 Å². The van der Waals surface area contributed by atoms with Crippen LogP contribution >= 0.6 is 23.6 Å². The van der Waals surface area contributed by atoms with Gasteiger partial charge in [0.05, 0.1) is 12.8 Å². The topological polar surface area (TPSA) is 80.3 Å². The van der Waals surface area contributed by atoms with E-state index in [9.17, 15) is 9.59 Å². The average molecular weight is 363 g/mol. The van der Waals surface area contributed by atoms with E-state index in [1.54, 1.807) is 19.1 Å². The summed E-state index contributed by atoms with van der Waals surface area (Å²) < 4.78 is 4.68. The van der Waals surface area contributed by atoms with Crippen molar-refractivity contribution in [3.63, 3.8) is 0 Å². The van der Waals surface area contributed by atoms with Crippen LogP contribution in [0.15, 0.2) is 18.2 Å². The zero-order valence-electron chi connectivity index (χ0n) is 13.7. The van der Waals surface area contributed by atoms with E-state index in [-0.39, 0.29) is 11.0 Å². The maximum absolute atomic E-state index is 12.2. The van der Waals surface area contributed by atoms with Crippen molar-refractivity contribution in [1.82, 2.24) is 10.3 Å². The van der Waals surface area contributed by atoms with E-state index in [1.807, 2.05) is 19.9 Å². The summed E-state index contributed by atoms with van der Waals surface area (Å²) in [4.78, 5) is 28.4. The third-order valence-corrected chi connectivity index (χ3v) is 4.36. The Balaban J connectivity index is 2.05. The molecule has 1 amide bonds. The molecule has 126 valence electrons. The molecular formula is C16H17N3O3S2. The number of amides is 1. The van der Waals surface area contributed by atoms with Gasteiger partial charge in [0, 0.05) is 5.56 Å². The zero-order valence-corrected chi connectivity index (χ0v) is 15.4. The van der Waals surface area contributed by atoms with E-state index in [2.05, 4.69) is 20.4 Å². The zero-order chi connectivity index (χ0) is 17.9. The van der Waals surface area contributed by atoms with Crippen molar-refractivity contribution in [3.05, 3.63) is 45.5 Å². The minimum atomic E-state index is -0.455. The standard InChI is InChI=1S/C16H17N3O3S2/c1-8-5-9(2)7-11(6-8)13(20)18-15(23)19-16-17-10(3)12(24-16)14(21)22-4/h5-7H,1-4H3,(H2,17,18,19,20,23). The van der Waals surface area contributed by atoms with Crippen LogP contribution in [0.25, 0.3) is 0 Å². The molecule has 0 bridgehead atoms. The normalized spacial score (nSPS) is 10.2. The largest absolute Gasteiger partial charge is 0.465 e. The fourth-order valence-electron chi connectivity index (χ4n) is 2.14. The molecule has 2 aromatic rings. The number of anilines is 1. The first-order chi connectivity index (χ1) is 11.3. The quantitative estimate of drug-likeness (QED) is 0.645. The maximum atomic E-state index is 12.2. The fourth-order valence-corrected chi connectivity index (χ4v) is 3.28. The number of hydrogen-bond acceptors (Lipinski definition) is 6. The summed E-state index contributed by atoms with van der Waals surface area (Å²) in [6.45, 7) is 5.55. The van der Waals surface area contributed by atoms with Gasteiger partial charge in [-0.05, 0) is 45.1 Å². The van der Waals surface area contributed by atoms with Gasteiger partial charge < -0.3 is 10.1 Å². The molecule has 0 radical (unpaired) electrons. The fraction of sp³-hybridized carbons (Fsp3) is 0.250. The van der Waals surface area contributed by atoms with Gasteiger partial charge in [-0.2, -0.15) is 0 Å². The Bertz CT molecular complexity index is 795. The van der Waals surface area contributed by atoms with Gasteiger partial charge >= 0.3 is 5.97 Å². The van der Waals surface area contributed by atoms with Crippen LogP contribution in [0.2, 0.25) is 0 Å². The Kier molecular flexibility index (Phi) is 5.63. The molecular weight excluding hydrogens is 346 g/mol. The van der Waals surface area contributed by atoms with Crippen LogP contribution in [0.5, 0.6) is 0 Å². The summed E-state index contributed by atoms with van der Waals surface area (Å²) in [5.74, 6) is -0.760. The molecule has 2 N–H and O–H groups in total. The lowest BCUT2D eigenvalue weighted by Gasteiger charge is -2.08. The molecule has 8 heteroatoms. The van der Waals surface area contributed by atoms with Gasteiger partial charge in [0.1, 0.15) is 4.88 Å². The van der Waals surface area contributed by atoms with E-state index in [1.165, 1.54) is 7.11 Å². The van der Waals surface area contributed by atoms with Gasteiger partial charge in [0.15, 0.2) is 10.2 Å². The first-order valence-electron chi connectivity index (χ1n) is 7.06. The summed E-state index contributed by atoms with van der Waals surface area (Å²) in [5, 5.41) is 5.94. The number of thiazole rings is 1. The SMILES string of the molecule is COC(=O)c1sc(NC(=S)NC(=O)c2cc(C)cc(C)c2)nc1C. The Morgan fingerprint density at radius 3 is 2.38 bits per heavy atom. The summed E-state index contributed by atoms with van der Waals surface area (Å²) in [6.07, 6.45) is 0. The number of carbonyl (C=O) groups excluding carboxylic acids is 2. The summed E-state index contributed by atoms with van der Waals surface area (Å²) in [5.41, 5.74) is 3.06. The third kappa shape index (κ3) is 4.36. The van der Waals surface area contributed by atoms with Crippen molar-refractivity contribution in [1.29, 1.82) is 0 Å². The van der Waals surface area contributed by atoms with Crippen LogP contribution < -0.4 is 10.6 Å². The van der Waals surface area contributed by atoms with Gasteiger partial charge in [0.25, 0.3) is 5.91 Å². The number of aryl methyl sites for hydroxylation is 3. The highest BCUT2D eigenvalue weighted by Crippen LogP contribution is 2.23. The number of hydrogen-bond donors (Lipinski definition) is 2. The lowest BCUT2D eigenvalue weighted by Crippen LogP contribution is -2.34. The molecule has 24 heavy (non-hydrogen) atoms. The second-order valence-corrected chi connectivity index (χ2v) is 6.62. The molecule has 0 aliphatic rings. The Morgan fingerprint density at radius 2 is 1.79 bits per heavy atom. The highest BCUT2D eigenvalue weighted by molar-refractivity contribution is 7.80. The Morgan fingerprint density at radius 1 is 1.17 bits per heavy atom. The van der Waals surface area contributed by atoms with Crippen LogP contribution in [0, 0.1) is 20.8 Å². The number of benzene rings is 1.